The minimum absolute atomic E-state index is 0.243. The smallest absolute Gasteiger partial charge is 0.248 e. The van der Waals surface area contributed by atoms with Crippen molar-refractivity contribution < 1.29 is 18.7 Å². The van der Waals surface area contributed by atoms with Gasteiger partial charge in [-0.25, -0.2) is 0 Å². The third-order valence-corrected chi connectivity index (χ3v) is 4.98. The Balaban J connectivity index is 1.73. The van der Waals surface area contributed by atoms with Gasteiger partial charge in [0.1, 0.15) is 17.1 Å². The molecule has 0 saturated heterocycles. The van der Waals surface area contributed by atoms with Crippen molar-refractivity contribution in [3.63, 3.8) is 0 Å². The molecule has 0 aliphatic carbocycles. The molecule has 0 bridgehead atoms. The normalized spacial score (nSPS) is 11.4. The number of fused-ring (bicyclic) bond motifs is 1. The van der Waals surface area contributed by atoms with E-state index in [9.17, 15) is 4.79 Å². The fourth-order valence-corrected chi connectivity index (χ4v) is 3.44. The average Bonchev–Trinajstić information content (AvgIpc) is 3.21. The highest BCUT2D eigenvalue weighted by atomic mass is 16.5. The summed E-state index contributed by atoms with van der Waals surface area (Å²) < 4.78 is 16.7. The SMILES string of the molecule is COc1cccc(-c2coc3cc(OC)c(/C(C)=C/C(=O)Nc4cccnc4)cc23)c1. The van der Waals surface area contributed by atoms with Crippen LogP contribution in [0.25, 0.3) is 27.7 Å². The van der Waals surface area contributed by atoms with Crippen molar-refractivity contribution in [2.75, 3.05) is 19.5 Å². The maximum Gasteiger partial charge on any atom is 0.248 e. The van der Waals surface area contributed by atoms with E-state index in [4.69, 9.17) is 13.9 Å². The van der Waals surface area contributed by atoms with Crippen LogP contribution >= 0.6 is 0 Å². The molecule has 4 aromatic rings. The number of carbonyl (C=O) groups is 1. The van der Waals surface area contributed by atoms with Gasteiger partial charge >= 0.3 is 0 Å². The van der Waals surface area contributed by atoms with Crippen molar-refractivity contribution in [2.24, 2.45) is 0 Å². The molecular formula is C25H22N2O4. The molecule has 2 aromatic heterocycles. The highest BCUT2D eigenvalue weighted by molar-refractivity contribution is 6.05. The van der Waals surface area contributed by atoms with E-state index in [1.807, 2.05) is 43.3 Å². The molecule has 31 heavy (non-hydrogen) atoms. The topological polar surface area (TPSA) is 73.6 Å². The Labute approximate surface area is 180 Å². The van der Waals surface area contributed by atoms with Crippen LogP contribution in [0, 0.1) is 0 Å². The first-order valence-corrected chi connectivity index (χ1v) is 9.72. The van der Waals surface area contributed by atoms with Crippen LogP contribution in [0.3, 0.4) is 0 Å². The van der Waals surface area contributed by atoms with Crippen LogP contribution in [0.5, 0.6) is 11.5 Å². The predicted octanol–water partition coefficient (Wildman–Crippen LogP) is 5.55. The Bertz CT molecular complexity index is 1260. The molecular weight excluding hydrogens is 392 g/mol. The van der Waals surface area contributed by atoms with E-state index in [0.29, 0.717) is 17.0 Å². The zero-order valence-corrected chi connectivity index (χ0v) is 17.5. The lowest BCUT2D eigenvalue weighted by atomic mass is 9.99. The van der Waals surface area contributed by atoms with Gasteiger partial charge in [0.25, 0.3) is 0 Å². The number of rotatable bonds is 6. The molecule has 0 saturated carbocycles. The van der Waals surface area contributed by atoms with E-state index >= 15 is 0 Å². The minimum atomic E-state index is -0.243. The number of amides is 1. The lowest BCUT2D eigenvalue weighted by Gasteiger charge is -2.10. The monoisotopic (exact) mass is 414 g/mol. The second-order valence-corrected chi connectivity index (χ2v) is 6.99. The number of anilines is 1. The molecule has 0 spiro atoms. The maximum atomic E-state index is 12.5. The lowest BCUT2D eigenvalue weighted by Crippen LogP contribution is -2.08. The number of ether oxygens (including phenoxy) is 2. The summed E-state index contributed by atoms with van der Waals surface area (Å²) in [5, 5.41) is 3.73. The second-order valence-electron chi connectivity index (χ2n) is 6.99. The van der Waals surface area contributed by atoms with Crippen LogP contribution in [-0.4, -0.2) is 25.1 Å². The summed E-state index contributed by atoms with van der Waals surface area (Å²) in [7, 11) is 3.24. The van der Waals surface area contributed by atoms with Crippen molar-refractivity contribution in [2.45, 2.75) is 6.92 Å². The molecule has 6 heteroatoms. The van der Waals surface area contributed by atoms with Gasteiger partial charge in [-0.15, -0.1) is 0 Å². The van der Waals surface area contributed by atoms with E-state index in [1.54, 1.807) is 51.1 Å². The third-order valence-electron chi connectivity index (χ3n) is 4.98. The molecule has 4 rings (SSSR count). The standard InChI is InChI=1S/C25H22N2O4/c1-16(10-25(28)27-18-7-5-9-26-14-18)20-12-21-22(15-31-24(21)13-23(20)30-3)17-6-4-8-19(11-17)29-2/h4-15H,1-3H3,(H,27,28)/b16-10+. The van der Waals surface area contributed by atoms with Gasteiger partial charge < -0.3 is 19.2 Å². The van der Waals surface area contributed by atoms with Crippen LogP contribution in [0.1, 0.15) is 12.5 Å². The number of hydrogen-bond acceptors (Lipinski definition) is 5. The predicted molar refractivity (Wildman–Crippen MR) is 121 cm³/mol. The fourth-order valence-electron chi connectivity index (χ4n) is 3.44. The Morgan fingerprint density at radius 2 is 1.97 bits per heavy atom. The van der Waals surface area contributed by atoms with E-state index in [0.717, 1.165) is 33.4 Å². The number of carbonyl (C=O) groups excluding carboxylic acids is 1. The highest BCUT2D eigenvalue weighted by Gasteiger charge is 2.15. The van der Waals surface area contributed by atoms with Gasteiger partial charge in [0.15, 0.2) is 0 Å². The van der Waals surface area contributed by atoms with E-state index in [2.05, 4.69) is 10.3 Å². The number of hydrogen-bond donors (Lipinski definition) is 1. The summed E-state index contributed by atoms with van der Waals surface area (Å²) in [6.07, 6.45) is 6.51. The number of nitrogens with zero attached hydrogens (tertiary/aromatic N) is 1. The number of allylic oxidation sites excluding steroid dienone is 1. The van der Waals surface area contributed by atoms with Crippen LogP contribution in [-0.2, 0) is 4.79 Å². The molecule has 156 valence electrons. The largest absolute Gasteiger partial charge is 0.497 e. The lowest BCUT2D eigenvalue weighted by molar-refractivity contribution is -0.111. The Morgan fingerprint density at radius 1 is 1.10 bits per heavy atom. The molecule has 2 heterocycles. The number of pyridine rings is 1. The average molecular weight is 414 g/mol. The van der Waals surface area contributed by atoms with Crippen LogP contribution in [0.4, 0.5) is 5.69 Å². The first-order valence-electron chi connectivity index (χ1n) is 9.72. The van der Waals surface area contributed by atoms with Crippen LogP contribution < -0.4 is 14.8 Å². The highest BCUT2D eigenvalue weighted by Crippen LogP contribution is 2.38. The molecule has 1 amide bonds. The first kappa shape index (κ1) is 20.2. The maximum absolute atomic E-state index is 12.5. The second kappa shape index (κ2) is 8.75. The summed E-state index contributed by atoms with van der Waals surface area (Å²) in [5.41, 5.74) is 4.82. The minimum Gasteiger partial charge on any atom is -0.497 e. The molecule has 0 unspecified atom stereocenters. The van der Waals surface area contributed by atoms with Gasteiger partial charge in [0.05, 0.1) is 32.4 Å². The van der Waals surface area contributed by atoms with Gasteiger partial charge in [0.2, 0.25) is 5.91 Å². The number of furan rings is 1. The zero-order valence-electron chi connectivity index (χ0n) is 17.5. The number of benzene rings is 2. The summed E-state index contributed by atoms with van der Waals surface area (Å²) >= 11 is 0. The van der Waals surface area contributed by atoms with Gasteiger partial charge in [-0.1, -0.05) is 12.1 Å². The molecule has 0 aliphatic rings. The van der Waals surface area contributed by atoms with Crippen molar-refractivity contribution in [3.05, 3.63) is 78.8 Å². The van der Waals surface area contributed by atoms with Gasteiger partial charge in [-0.05, 0) is 48.4 Å². The van der Waals surface area contributed by atoms with Gasteiger partial charge in [-0.2, -0.15) is 0 Å². The van der Waals surface area contributed by atoms with E-state index < -0.39 is 0 Å². The van der Waals surface area contributed by atoms with Crippen LogP contribution in [0.15, 0.2) is 77.7 Å². The molecule has 1 N–H and O–H groups in total. The Hall–Kier alpha value is -4.06. The molecule has 0 fully saturated rings. The Morgan fingerprint density at radius 3 is 2.71 bits per heavy atom. The summed E-state index contributed by atoms with van der Waals surface area (Å²) in [5.74, 6) is 1.15. The summed E-state index contributed by atoms with van der Waals surface area (Å²) in [6, 6.07) is 15.2. The Kier molecular flexibility index (Phi) is 5.71. The van der Waals surface area contributed by atoms with Crippen LogP contribution in [0.2, 0.25) is 0 Å². The zero-order chi connectivity index (χ0) is 21.8. The molecule has 0 radical (unpaired) electrons. The number of methoxy groups -OCH3 is 2. The van der Waals surface area contributed by atoms with Gasteiger partial charge in [0, 0.05) is 34.9 Å². The van der Waals surface area contributed by atoms with Crippen molar-refractivity contribution in [1.82, 2.24) is 4.98 Å². The van der Waals surface area contributed by atoms with E-state index in [-0.39, 0.29) is 5.91 Å². The van der Waals surface area contributed by atoms with E-state index in [1.165, 1.54) is 0 Å². The first-order chi connectivity index (χ1) is 15.1. The molecule has 0 aliphatic heterocycles. The van der Waals surface area contributed by atoms with Crippen molar-refractivity contribution in [1.29, 1.82) is 0 Å². The number of aromatic nitrogens is 1. The quantitative estimate of drug-likeness (QED) is 0.419. The fraction of sp³-hybridized carbons (Fsp3) is 0.120. The van der Waals surface area contributed by atoms with Crippen molar-refractivity contribution >= 4 is 28.1 Å². The molecule has 6 nitrogen and oxygen atoms in total. The summed E-state index contributed by atoms with van der Waals surface area (Å²) in [4.78, 5) is 16.5. The third kappa shape index (κ3) is 4.28. The summed E-state index contributed by atoms with van der Waals surface area (Å²) in [6.45, 7) is 1.87. The number of nitrogens with one attached hydrogen (secondary N) is 1. The molecule has 0 atom stereocenters. The van der Waals surface area contributed by atoms with Crippen molar-refractivity contribution in [3.8, 4) is 22.6 Å². The molecule has 2 aromatic carbocycles. The van der Waals surface area contributed by atoms with Gasteiger partial charge in [-0.3, -0.25) is 9.78 Å².